The molecule has 1 aromatic carbocycles. The molecule has 0 aromatic heterocycles. The zero-order valence-corrected chi connectivity index (χ0v) is 13.1. The Hall–Kier alpha value is -1.06. The molecule has 0 radical (unpaired) electrons. The van der Waals surface area contributed by atoms with E-state index < -0.39 is 0 Å². The Morgan fingerprint density at radius 2 is 2.20 bits per heavy atom. The summed E-state index contributed by atoms with van der Waals surface area (Å²) in [6.45, 7) is 5.79. The standard InChI is InChI=1S/C17H28N2O/c1-4-10-19(12-14-8-9-14)13-17(18-2)15-6-5-7-16(11-15)20-3/h5-7,11,14,17-18H,4,8-10,12-13H2,1-3H3. The van der Waals surface area contributed by atoms with Crippen LogP contribution in [0.15, 0.2) is 24.3 Å². The number of methoxy groups -OCH3 is 1. The molecule has 20 heavy (non-hydrogen) atoms. The second kappa shape index (κ2) is 7.65. The van der Waals surface area contributed by atoms with E-state index in [9.17, 15) is 0 Å². The molecule has 0 heterocycles. The van der Waals surface area contributed by atoms with Crippen LogP contribution < -0.4 is 10.1 Å². The van der Waals surface area contributed by atoms with E-state index in [1.807, 2.05) is 13.1 Å². The molecule has 0 aliphatic heterocycles. The van der Waals surface area contributed by atoms with Gasteiger partial charge in [0.15, 0.2) is 0 Å². The van der Waals surface area contributed by atoms with Crippen molar-refractivity contribution in [2.75, 3.05) is 33.8 Å². The van der Waals surface area contributed by atoms with Gasteiger partial charge in [0.25, 0.3) is 0 Å². The number of nitrogens with zero attached hydrogens (tertiary/aromatic N) is 1. The van der Waals surface area contributed by atoms with E-state index >= 15 is 0 Å². The summed E-state index contributed by atoms with van der Waals surface area (Å²) in [6.07, 6.45) is 4.06. The maximum atomic E-state index is 5.34. The van der Waals surface area contributed by atoms with Crippen LogP contribution >= 0.6 is 0 Å². The highest BCUT2D eigenvalue weighted by atomic mass is 16.5. The van der Waals surface area contributed by atoms with E-state index in [1.165, 1.54) is 37.9 Å². The van der Waals surface area contributed by atoms with Crippen LogP contribution in [0, 0.1) is 5.92 Å². The Bertz CT molecular complexity index is 404. The molecule has 1 N–H and O–H groups in total. The van der Waals surface area contributed by atoms with Crippen molar-refractivity contribution in [3.63, 3.8) is 0 Å². The third kappa shape index (κ3) is 4.50. The van der Waals surface area contributed by atoms with Crippen molar-refractivity contribution in [2.45, 2.75) is 32.2 Å². The lowest BCUT2D eigenvalue weighted by Gasteiger charge is -2.27. The van der Waals surface area contributed by atoms with E-state index in [4.69, 9.17) is 4.74 Å². The molecule has 1 saturated carbocycles. The second-order valence-electron chi connectivity index (χ2n) is 5.82. The van der Waals surface area contributed by atoms with Crippen molar-refractivity contribution < 1.29 is 4.74 Å². The van der Waals surface area contributed by atoms with Gasteiger partial charge in [-0.05, 0) is 56.5 Å². The van der Waals surface area contributed by atoms with E-state index in [2.05, 4.69) is 35.3 Å². The van der Waals surface area contributed by atoms with Gasteiger partial charge in [0, 0.05) is 19.1 Å². The highest BCUT2D eigenvalue weighted by molar-refractivity contribution is 5.30. The lowest BCUT2D eigenvalue weighted by atomic mass is 10.1. The highest BCUT2D eigenvalue weighted by Crippen LogP contribution is 2.30. The van der Waals surface area contributed by atoms with Crippen LogP contribution in [0.1, 0.15) is 37.8 Å². The van der Waals surface area contributed by atoms with Crippen LogP contribution in [-0.4, -0.2) is 38.7 Å². The Kier molecular flexibility index (Phi) is 5.86. The molecule has 1 aromatic rings. The van der Waals surface area contributed by atoms with Crippen molar-refractivity contribution in [1.82, 2.24) is 10.2 Å². The van der Waals surface area contributed by atoms with E-state index in [-0.39, 0.29) is 0 Å². The van der Waals surface area contributed by atoms with Crippen LogP contribution in [0.5, 0.6) is 5.75 Å². The molecule has 1 aliphatic carbocycles. The molecule has 3 heteroatoms. The molecular formula is C17H28N2O. The van der Waals surface area contributed by atoms with Crippen molar-refractivity contribution in [1.29, 1.82) is 0 Å². The van der Waals surface area contributed by atoms with Crippen molar-refractivity contribution in [3.8, 4) is 5.75 Å². The van der Waals surface area contributed by atoms with Gasteiger partial charge in [-0.1, -0.05) is 19.1 Å². The third-order valence-electron chi connectivity index (χ3n) is 4.04. The zero-order chi connectivity index (χ0) is 14.4. The molecule has 0 spiro atoms. The number of ether oxygens (including phenoxy) is 1. The average Bonchev–Trinajstić information content (AvgIpc) is 3.29. The van der Waals surface area contributed by atoms with Crippen molar-refractivity contribution >= 4 is 0 Å². The first kappa shape index (κ1) is 15.3. The van der Waals surface area contributed by atoms with Gasteiger partial charge in [-0.15, -0.1) is 0 Å². The normalized spacial score (nSPS) is 16.4. The number of rotatable bonds is 9. The third-order valence-corrected chi connectivity index (χ3v) is 4.04. The minimum Gasteiger partial charge on any atom is -0.497 e. The first-order valence-electron chi connectivity index (χ1n) is 7.80. The molecule has 1 aliphatic rings. The van der Waals surface area contributed by atoms with Gasteiger partial charge in [-0.2, -0.15) is 0 Å². The van der Waals surface area contributed by atoms with Gasteiger partial charge in [-0.25, -0.2) is 0 Å². The summed E-state index contributed by atoms with van der Waals surface area (Å²) in [5.74, 6) is 1.89. The summed E-state index contributed by atoms with van der Waals surface area (Å²) in [5, 5.41) is 3.45. The molecule has 1 unspecified atom stereocenters. The van der Waals surface area contributed by atoms with Crippen LogP contribution in [0.3, 0.4) is 0 Å². The van der Waals surface area contributed by atoms with Gasteiger partial charge < -0.3 is 15.0 Å². The first-order chi connectivity index (χ1) is 9.76. The summed E-state index contributed by atoms with van der Waals surface area (Å²) >= 11 is 0. The fourth-order valence-corrected chi connectivity index (χ4v) is 2.72. The monoisotopic (exact) mass is 276 g/mol. The predicted octanol–water partition coefficient (Wildman–Crippen LogP) is 3.08. The predicted molar refractivity (Wildman–Crippen MR) is 84.2 cm³/mol. The Balaban J connectivity index is 2.00. The second-order valence-corrected chi connectivity index (χ2v) is 5.82. The van der Waals surface area contributed by atoms with Gasteiger partial charge >= 0.3 is 0 Å². The molecule has 0 amide bonds. The molecule has 2 rings (SSSR count). The molecular weight excluding hydrogens is 248 g/mol. The Morgan fingerprint density at radius 3 is 2.80 bits per heavy atom. The summed E-state index contributed by atoms with van der Waals surface area (Å²) in [5.41, 5.74) is 1.31. The lowest BCUT2D eigenvalue weighted by Crippen LogP contribution is -2.35. The van der Waals surface area contributed by atoms with Gasteiger partial charge in [0.05, 0.1) is 7.11 Å². The average molecular weight is 276 g/mol. The lowest BCUT2D eigenvalue weighted by molar-refractivity contribution is 0.237. The van der Waals surface area contributed by atoms with Crippen LogP contribution in [0.2, 0.25) is 0 Å². The number of hydrogen-bond acceptors (Lipinski definition) is 3. The van der Waals surface area contributed by atoms with E-state index in [0.29, 0.717) is 6.04 Å². The molecule has 112 valence electrons. The molecule has 1 fully saturated rings. The number of likely N-dealkylation sites (N-methyl/N-ethyl adjacent to an activating group) is 1. The number of benzene rings is 1. The van der Waals surface area contributed by atoms with Gasteiger partial charge in [0.1, 0.15) is 5.75 Å². The van der Waals surface area contributed by atoms with Gasteiger partial charge in [-0.3, -0.25) is 0 Å². The summed E-state index contributed by atoms with van der Waals surface area (Å²) in [7, 11) is 3.77. The smallest absolute Gasteiger partial charge is 0.119 e. The van der Waals surface area contributed by atoms with Crippen molar-refractivity contribution in [3.05, 3.63) is 29.8 Å². The van der Waals surface area contributed by atoms with E-state index in [1.54, 1.807) is 7.11 Å². The SMILES string of the molecule is CCCN(CC1CC1)CC(NC)c1cccc(OC)c1. The molecule has 0 bridgehead atoms. The maximum absolute atomic E-state index is 5.34. The molecule has 3 nitrogen and oxygen atoms in total. The number of hydrogen-bond donors (Lipinski definition) is 1. The fraction of sp³-hybridized carbons (Fsp3) is 0.647. The quantitative estimate of drug-likeness (QED) is 0.750. The minimum atomic E-state index is 0.371. The zero-order valence-electron chi connectivity index (χ0n) is 13.1. The minimum absolute atomic E-state index is 0.371. The highest BCUT2D eigenvalue weighted by Gasteiger charge is 2.25. The fourth-order valence-electron chi connectivity index (χ4n) is 2.72. The van der Waals surface area contributed by atoms with Crippen molar-refractivity contribution in [2.24, 2.45) is 5.92 Å². The van der Waals surface area contributed by atoms with E-state index in [0.717, 1.165) is 18.2 Å². The topological polar surface area (TPSA) is 24.5 Å². The van der Waals surface area contributed by atoms with Gasteiger partial charge in [0.2, 0.25) is 0 Å². The summed E-state index contributed by atoms with van der Waals surface area (Å²) in [4.78, 5) is 2.61. The largest absolute Gasteiger partial charge is 0.497 e. The Morgan fingerprint density at radius 1 is 1.40 bits per heavy atom. The van der Waals surface area contributed by atoms with Crippen LogP contribution in [0.25, 0.3) is 0 Å². The van der Waals surface area contributed by atoms with Crippen LogP contribution in [-0.2, 0) is 0 Å². The maximum Gasteiger partial charge on any atom is 0.119 e. The molecule has 1 atom stereocenters. The van der Waals surface area contributed by atoms with Crippen LogP contribution in [0.4, 0.5) is 0 Å². The first-order valence-corrected chi connectivity index (χ1v) is 7.80. The summed E-state index contributed by atoms with van der Waals surface area (Å²) < 4.78 is 5.34. The summed E-state index contributed by atoms with van der Waals surface area (Å²) in [6, 6.07) is 8.77. The Labute approximate surface area is 123 Å². The number of nitrogens with one attached hydrogen (secondary N) is 1. The molecule has 0 saturated heterocycles.